The molecule has 1 aliphatic carbocycles. The Bertz CT molecular complexity index is 360. The molecular formula is C10H15N3O3. The first-order valence-corrected chi connectivity index (χ1v) is 5.44. The Hall–Kier alpha value is -1.27. The molecule has 0 unspecified atom stereocenters. The SMILES string of the molecule is O=Cc1nnn(CCOCCO)c1C1CC1. The van der Waals surface area contributed by atoms with Crippen LogP contribution in [0.3, 0.4) is 0 Å². The summed E-state index contributed by atoms with van der Waals surface area (Å²) in [6.07, 6.45) is 2.96. The van der Waals surface area contributed by atoms with E-state index >= 15 is 0 Å². The molecule has 0 atom stereocenters. The molecule has 1 heterocycles. The number of carbonyl (C=O) groups excluding carboxylic acids is 1. The number of carbonyl (C=O) groups is 1. The summed E-state index contributed by atoms with van der Waals surface area (Å²) in [6.45, 7) is 1.40. The second kappa shape index (κ2) is 5.18. The van der Waals surface area contributed by atoms with Crippen molar-refractivity contribution in [2.24, 2.45) is 0 Å². The number of rotatable bonds is 7. The van der Waals surface area contributed by atoms with Gasteiger partial charge in [0, 0.05) is 5.92 Å². The van der Waals surface area contributed by atoms with Gasteiger partial charge in [-0.1, -0.05) is 5.21 Å². The van der Waals surface area contributed by atoms with Crippen molar-refractivity contribution in [3.63, 3.8) is 0 Å². The predicted octanol–water partition coefficient (Wildman–Crippen LogP) is -0.0231. The lowest BCUT2D eigenvalue weighted by atomic mass is 10.2. The van der Waals surface area contributed by atoms with Crippen molar-refractivity contribution in [2.75, 3.05) is 19.8 Å². The summed E-state index contributed by atoms with van der Waals surface area (Å²) >= 11 is 0. The minimum Gasteiger partial charge on any atom is -0.394 e. The summed E-state index contributed by atoms with van der Waals surface area (Å²) in [5.74, 6) is 0.438. The summed E-state index contributed by atoms with van der Waals surface area (Å²) in [7, 11) is 0. The number of aliphatic hydroxyl groups is 1. The summed E-state index contributed by atoms with van der Waals surface area (Å²) in [5, 5.41) is 16.3. The quantitative estimate of drug-likeness (QED) is 0.521. The Morgan fingerprint density at radius 3 is 2.94 bits per heavy atom. The van der Waals surface area contributed by atoms with E-state index < -0.39 is 0 Å². The van der Waals surface area contributed by atoms with Gasteiger partial charge in [-0.25, -0.2) is 4.68 Å². The van der Waals surface area contributed by atoms with Crippen LogP contribution in [0.4, 0.5) is 0 Å². The molecule has 0 bridgehead atoms. The van der Waals surface area contributed by atoms with Crippen molar-refractivity contribution in [2.45, 2.75) is 25.3 Å². The van der Waals surface area contributed by atoms with E-state index in [0.29, 0.717) is 31.4 Å². The minimum atomic E-state index is 0.0203. The second-order valence-corrected chi connectivity index (χ2v) is 3.81. The molecule has 6 heteroatoms. The Labute approximate surface area is 93.2 Å². The van der Waals surface area contributed by atoms with Crippen LogP contribution in [0.2, 0.25) is 0 Å². The van der Waals surface area contributed by atoms with Gasteiger partial charge in [-0.2, -0.15) is 0 Å². The number of aldehydes is 1. The van der Waals surface area contributed by atoms with Crippen LogP contribution in [0, 0.1) is 0 Å². The first-order chi connectivity index (χ1) is 7.86. The van der Waals surface area contributed by atoms with Crippen molar-refractivity contribution < 1.29 is 14.6 Å². The molecule has 0 aromatic carbocycles. The molecular weight excluding hydrogens is 210 g/mol. The fourth-order valence-electron chi connectivity index (χ4n) is 1.68. The summed E-state index contributed by atoms with van der Waals surface area (Å²) in [6, 6.07) is 0. The molecule has 1 saturated carbocycles. The molecule has 0 spiro atoms. The molecule has 1 N–H and O–H groups in total. The van der Waals surface area contributed by atoms with E-state index in [9.17, 15) is 4.79 Å². The van der Waals surface area contributed by atoms with Crippen molar-refractivity contribution in [1.82, 2.24) is 15.0 Å². The standard InChI is InChI=1S/C10H15N3O3/c14-4-6-16-5-3-13-10(8-1-2-8)9(7-15)11-12-13/h7-8,14H,1-6H2. The molecule has 0 radical (unpaired) electrons. The minimum absolute atomic E-state index is 0.0203. The topological polar surface area (TPSA) is 77.2 Å². The smallest absolute Gasteiger partial charge is 0.172 e. The molecule has 1 fully saturated rings. The molecule has 2 rings (SSSR count). The molecule has 0 amide bonds. The Balaban J connectivity index is 1.97. The van der Waals surface area contributed by atoms with Gasteiger partial charge in [0.15, 0.2) is 6.29 Å². The first kappa shape index (κ1) is 11.2. The maximum absolute atomic E-state index is 10.8. The van der Waals surface area contributed by atoms with Gasteiger partial charge in [0.05, 0.1) is 32.1 Å². The van der Waals surface area contributed by atoms with Crippen LogP contribution in [-0.2, 0) is 11.3 Å². The second-order valence-electron chi connectivity index (χ2n) is 3.81. The third-order valence-corrected chi connectivity index (χ3v) is 2.56. The lowest BCUT2D eigenvalue weighted by Crippen LogP contribution is -2.12. The van der Waals surface area contributed by atoms with E-state index in [2.05, 4.69) is 10.3 Å². The fourth-order valence-corrected chi connectivity index (χ4v) is 1.68. The highest BCUT2D eigenvalue weighted by molar-refractivity contribution is 5.73. The van der Waals surface area contributed by atoms with Crippen molar-refractivity contribution in [3.05, 3.63) is 11.4 Å². The lowest BCUT2D eigenvalue weighted by molar-refractivity contribution is 0.0847. The highest BCUT2D eigenvalue weighted by Gasteiger charge is 2.30. The van der Waals surface area contributed by atoms with Gasteiger partial charge < -0.3 is 9.84 Å². The zero-order valence-corrected chi connectivity index (χ0v) is 9.00. The average Bonchev–Trinajstić information content (AvgIpc) is 3.06. The Kier molecular flexibility index (Phi) is 3.63. The van der Waals surface area contributed by atoms with Gasteiger partial charge in [0.1, 0.15) is 5.69 Å². The number of hydrogen-bond acceptors (Lipinski definition) is 5. The lowest BCUT2D eigenvalue weighted by Gasteiger charge is -2.05. The van der Waals surface area contributed by atoms with Gasteiger partial charge in [-0.05, 0) is 12.8 Å². The zero-order chi connectivity index (χ0) is 11.4. The fraction of sp³-hybridized carbons (Fsp3) is 0.700. The van der Waals surface area contributed by atoms with E-state index in [0.717, 1.165) is 24.8 Å². The maximum atomic E-state index is 10.8. The highest BCUT2D eigenvalue weighted by atomic mass is 16.5. The van der Waals surface area contributed by atoms with E-state index in [1.807, 2.05) is 0 Å². The van der Waals surface area contributed by atoms with Crippen molar-refractivity contribution in [1.29, 1.82) is 0 Å². The molecule has 1 aromatic heterocycles. The van der Waals surface area contributed by atoms with Crippen LogP contribution in [0.1, 0.15) is 34.9 Å². The van der Waals surface area contributed by atoms with Gasteiger partial charge in [0.25, 0.3) is 0 Å². The van der Waals surface area contributed by atoms with Gasteiger partial charge >= 0.3 is 0 Å². The molecule has 0 aliphatic heterocycles. The van der Waals surface area contributed by atoms with Gasteiger partial charge in [-0.15, -0.1) is 5.10 Å². The van der Waals surface area contributed by atoms with Crippen molar-refractivity contribution >= 4 is 6.29 Å². The highest BCUT2D eigenvalue weighted by Crippen LogP contribution is 2.40. The number of aliphatic hydroxyl groups excluding tert-OH is 1. The summed E-state index contributed by atoms with van der Waals surface area (Å²) in [4.78, 5) is 10.8. The number of ether oxygens (including phenoxy) is 1. The van der Waals surface area contributed by atoms with E-state index in [1.54, 1.807) is 4.68 Å². The average molecular weight is 225 g/mol. The molecule has 6 nitrogen and oxygen atoms in total. The Morgan fingerprint density at radius 1 is 1.50 bits per heavy atom. The predicted molar refractivity (Wildman–Crippen MR) is 55.3 cm³/mol. The molecule has 16 heavy (non-hydrogen) atoms. The van der Waals surface area contributed by atoms with E-state index in [1.165, 1.54) is 0 Å². The molecule has 88 valence electrons. The third-order valence-electron chi connectivity index (χ3n) is 2.56. The van der Waals surface area contributed by atoms with Crippen LogP contribution in [0.5, 0.6) is 0 Å². The summed E-state index contributed by atoms with van der Waals surface area (Å²) in [5.41, 5.74) is 1.38. The third kappa shape index (κ3) is 2.45. The molecule has 0 saturated heterocycles. The van der Waals surface area contributed by atoms with Crippen LogP contribution < -0.4 is 0 Å². The normalized spacial score (nSPS) is 15.3. The largest absolute Gasteiger partial charge is 0.394 e. The number of hydrogen-bond donors (Lipinski definition) is 1. The van der Waals surface area contributed by atoms with Gasteiger partial charge in [0.2, 0.25) is 0 Å². The van der Waals surface area contributed by atoms with Crippen LogP contribution in [0.25, 0.3) is 0 Å². The van der Waals surface area contributed by atoms with E-state index in [-0.39, 0.29) is 6.61 Å². The van der Waals surface area contributed by atoms with Crippen molar-refractivity contribution in [3.8, 4) is 0 Å². The number of aromatic nitrogens is 3. The van der Waals surface area contributed by atoms with Crippen LogP contribution >= 0.6 is 0 Å². The first-order valence-electron chi connectivity index (χ1n) is 5.44. The monoisotopic (exact) mass is 225 g/mol. The molecule has 1 aliphatic rings. The zero-order valence-electron chi connectivity index (χ0n) is 9.00. The summed E-state index contributed by atoms with van der Waals surface area (Å²) < 4.78 is 6.89. The van der Waals surface area contributed by atoms with Gasteiger partial charge in [-0.3, -0.25) is 4.79 Å². The Morgan fingerprint density at radius 2 is 2.31 bits per heavy atom. The number of nitrogens with zero attached hydrogens (tertiary/aromatic N) is 3. The van der Waals surface area contributed by atoms with E-state index in [4.69, 9.17) is 9.84 Å². The van der Waals surface area contributed by atoms with Crippen LogP contribution in [0.15, 0.2) is 0 Å². The van der Waals surface area contributed by atoms with Crippen LogP contribution in [-0.4, -0.2) is 46.2 Å². The maximum Gasteiger partial charge on any atom is 0.172 e. The molecule has 1 aromatic rings.